The van der Waals surface area contributed by atoms with Crippen LogP contribution in [0.2, 0.25) is 0 Å². The van der Waals surface area contributed by atoms with Gasteiger partial charge in [0.2, 0.25) is 11.8 Å². The highest BCUT2D eigenvalue weighted by atomic mass is 16.5. The Morgan fingerprint density at radius 1 is 0.660 bits per heavy atom. The molecule has 0 saturated carbocycles. The maximum atomic E-state index is 13.8. The third-order valence-electron chi connectivity index (χ3n) is 10.3. The van der Waals surface area contributed by atoms with Gasteiger partial charge in [0, 0.05) is 45.7 Å². The summed E-state index contributed by atoms with van der Waals surface area (Å²) < 4.78 is 23.4. The zero-order chi connectivity index (χ0) is 35.1. The molecule has 0 aromatic heterocycles. The Kier molecular flexibility index (Phi) is 9.02. The van der Waals surface area contributed by atoms with E-state index in [9.17, 15) is 19.2 Å². The Morgan fingerprint density at radius 2 is 1.20 bits per heavy atom. The van der Waals surface area contributed by atoms with Gasteiger partial charge in [-0.2, -0.15) is 0 Å². The Labute approximate surface area is 291 Å². The fourth-order valence-corrected chi connectivity index (χ4v) is 7.50. The lowest BCUT2D eigenvalue weighted by atomic mass is 9.93. The molecular weight excluding hydrogens is 640 g/mol. The minimum atomic E-state index is -0.582. The van der Waals surface area contributed by atoms with Crippen molar-refractivity contribution in [2.24, 2.45) is 0 Å². The van der Waals surface area contributed by atoms with Crippen molar-refractivity contribution in [1.29, 1.82) is 0 Å². The van der Waals surface area contributed by atoms with Gasteiger partial charge in [-0.05, 0) is 55.4 Å². The van der Waals surface area contributed by atoms with Crippen LogP contribution in [0.5, 0.6) is 23.0 Å². The number of unbranched alkanes of at least 4 members (excludes halogenated alkanes) is 2. The van der Waals surface area contributed by atoms with E-state index in [1.807, 2.05) is 24.3 Å². The smallest absolute Gasteiger partial charge is 0.257 e. The molecule has 0 bridgehead atoms. The number of rotatable bonds is 10. The van der Waals surface area contributed by atoms with Crippen LogP contribution in [0.4, 0.5) is 11.4 Å². The van der Waals surface area contributed by atoms with Gasteiger partial charge in [0.1, 0.15) is 12.1 Å². The van der Waals surface area contributed by atoms with Gasteiger partial charge >= 0.3 is 0 Å². The number of anilines is 2. The molecule has 7 rings (SSSR count). The molecule has 3 aromatic carbocycles. The van der Waals surface area contributed by atoms with Crippen molar-refractivity contribution >= 4 is 35.0 Å². The van der Waals surface area contributed by atoms with Crippen LogP contribution in [-0.2, 0) is 22.6 Å². The molecule has 262 valence electrons. The second-order valence-electron chi connectivity index (χ2n) is 13.2. The SMILES string of the molecule is COc1cc2c(cc1OCCCCCOc1cc3c(cc1OC)C(=O)N1Cc4ccccc4C[C@H]1C(=O)N3C)N(C)C(=O)[C@@H]1CCCN1C2=O. The first-order chi connectivity index (χ1) is 24.2. The van der Waals surface area contributed by atoms with E-state index in [4.69, 9.17) is 18.9 Å². The summed E-state index contributed by atoms with van der Waals surface area (Å²) in [4.78, 5) is 60.3. The van der Waals surface area contributed by atoms with Crippen molar-refractivity contribution < 1.29 is 38.1 Å². The van der Waals surface area contributed by atoms with Crippen molar-refractivity contribution in [2.45, 2.75) is 57.2 Å². The maximum Gasteiger partial charge on any atom is 0.257 e. The number of methoxy groups -OCH3 is 2. The summed E-state index contributed by atoms with van der Waals surface area (Å²) >= 11 is 0. The molecule has 0 unspecified atom stereocenters. The normalized spacial score (nSPS) is 19.6. The molecule has 1 saturated heterocycles. The summed E-state index contributed by atoms with van der Waals surface area (Å²) in [6.07, 6.45) is 4.18. The van der Waals surface area contributed by atoms with Crippen LogP contribution >= 0.6 is 0 Å². The first-order valence-electron chi connectivity index (χ1n) is 17.1. The number of amides is 4. The molecule has 4 aliphatic rings. The second kappa shape index (κ2) is 13.6. The van der Waals surface area contributed by atoms with Crippen LogP contribution in [0, 0.1) is 0 Å². The highest BCUT2D eigenvalue weighted by Crippen LogP contribution is 2.41. The zero-order valence-electron chi connectivity index (χ0n) is 28.9. The molecule has 12 nitrogen and oxygen atoms in total. The minimum absolute atomic E-state index is 0.0940. The van der Waals surface area contributed by atoms with Crippen LogP contribution in [0.15, 0.2) is 48.5 Å². The molecule has 2 atom stereocenters. The molecule has 50 heavy (non-hydrogen) atoms. The highest BCUT2D eigenvalue weighted by molar-refractivity contribution is 6.12. The van der Waals surface area contributed by atoms with Crippen molar-refractivity contribution in [2.75, 3.05) is 57.9 Å². The van der Waals surface area contributed by atoms with Crippen LogP contribution in [0.1, 0.15) is 63.9 Å². The molecule has 1 fully saturated rings. The number of benzene rings is 3. The molecule has 0 aliphatic carbocycles. The van der Waals surface area contributed by atoms with Crippen LogP contribution < -0.4 is 28.7 Å². The predicted octanol–water partition coefficient (Wildman–Crippen LogP) is 4.46. The van der Waals surface area contributed by atoms with Crippen molar-refractivity contribution in [3.05, 3.63) is 70.8 Å². The standard InChI is InChI=1S/C38H42N4O8/c1-39-28-20-33(31(47-3)18-25(28)35(43)41-14-10-13-27(41)37(39)45)49-15-8-5-9-16-50-34-21-29-26(19-32(34)48-4)36(44)42-22-24-12-7-6-11-23(24)17-30(42)38(46)40(29)2/h6-7,11-12,18-21,27,30H,5,8-10,13-17,22H2,1-4H3/t27-,30-/m0/s1. The molecular formula is C38H42N4O8. The molecule has 12 heteroatoms. The highest BCUT2D eigenvalue weighted by Gasteiger charge is 2.43. The van der Waals surface area contributed by atoms with Gasteiger partial charge in [-0.1, -0.05) is 24.3 Å². The van der Waals surface area contributed by atoms with E-state index in [1.165, 1.54) is 14.2 Å². The summed E-state index contributed by atoms with van der Waals surface area (Å²) in [5, 5.41) is 0. The lowest BCUT2D eigenvalue weighted by Crippen LogP contribution is -2.50. The average Bonchev–Trinajstić information content (AvgIpc) is 3.60. The Morgan fingerprint density at radius 3 is 1.78 bits per heavy atom. The van der Waals surface area contributed by atoms with E-state index in [-0.39, 0.29) is 23.6 Å². The third-order valence-corrected chi connectivity index (χ3v) is 10.3. The fraction of sp³-hybridized carbons (Fsp3) is 0.421. The van der Waals surface area contributed by atoms with Crippen LogP contribution in [-0.4, -0.2) is 93.6 Å². The Hall–Kier alpha value is -5.26. The van der Waals surface area contributed by atoms with E-state index in [0.717, 1.165) is 36.8 Å². The van der Waals surface area contributed by atoms with Gasteiger partial charge in [-0.25, -0.2) is 0 Å². The van der Waals surface area contributed by atoms with E-state index in [0.29, 0.717) is 84.6 Å². The summed E-state index contributed by atoms with van der Waals surface area (Å²) in [5.74, 6) is 1.19. The van der Waals surface area contributed by atoms with E-state index >= 15 is 0 Å². The number of hydrogen-bond donors (Lipinski definition) is 0. The van der Waals surface area contributed by atoms with Gasteiger partial charge in [0.15, 0.2) is 23.0 Å². The van der Waals surface area contributed by atoms with Crippen molar-refractivity contribution in [3.8, 4) is 23.0 Å². The summed E-state index contributed by atoms with van der Waals surface area (Å²) in [7, 11) is 6.46. The molecule has 0 N–H and O–H groups in total. The monoisotopic (exact) mass is 682 g/mol. The number of nitrogens with zero attached hydrogens (tertiary/aromatic N) is 4. The van der Waals surface area contributed by atoms with Gasteiger partial charge in [-0.3, -0.25) is 19.2 Å². The molecule has 4 aliphatic heterocycles. The number of likely N-dealkylation sites (N-methyl/N-ethyl adjacent to an activating group) is 2. The fourth-order valence-electron chi connectivity index (χ4n) is 7.50. The molecule has 4 heterocycles. The summed E-state index contributed by atoms with van der Waals surface area (Å²) in [6.45, 7) is 1.73. The molecule has 4 amide bonds. The molecule has 0 spiro atoms. The summed E-state index contributed by atoms with van der Waals surface area (Å²) in [5.41, 5.74) is 3.97. The second-order valence-corrected chi connectivity index (χ2v) is 13.2. The Bertz CT molecular complexity index is 1860. The van der Waals surface area contributed by atoms with Crippen molar-refractivity contribution in [1.82, 2.24) is 9.80 Å². The lowest BCUT2D eigenvalue weighted by Gasteiger charge is -2.35. The number of carbonyl (C=O) groups excluding carboxylic acids is 4. The Balaban J connectivity index is 0.972. The number of carbonyl (C=O) groups is 4. The quantitative estimate of drug-likeness (QED) is 0.288. The number of ether oxygens (including phenoxy) is 4. The first-order valence-corrected chi connectivity index (χ1v) is 17.1. The van der Waals surface area contributed by atoms with Crippen LogP contribution in [0.3, 0.4) is 0 Å². The van der Waals surface area contributed by atoms with Gasteiger partial charge in [-0.15, -0.1) is 0 Å². The largest absolute Gasteiger partial charge is 0.493 e. The third kappa shape index (κ3) is 5.76. The molecule has 0 radical (unpaired) electrons. The van der Waals surface area contributed by atoms with Crippen molar-refractivity contribution in [3.63, 3.8) is 0 Å². The van der Waals surface area contributed by atoms with E-state index in [1.54, 1.807) is 58.0 Å². The van der Waals surface area contributed by atoms with Crippen LogP contribution in [0.25, 0.3) is 0 Å². The first kappa shape index (κ1) is 33.2. The van der Waals surface area contributed by atoms with Gasteiger partial charge < -0.3 is 38.5 Å². The zero-order valence-corrected chi connectivity index (χ0v) is 28.9. The number of fused-ring (bicyclic) bond motifs is 5. The van der Waals surface area contributed by atoms with Gasteiger partial charge in [0.05, 0.1) is 49.9 Å². The maximum absolute atomic E-state index is 13.8. The lowest BCUT2D eigenvalue weighted by molar-refractivity contribution is -0.123. The van der Waals surface area contributed by atoms with E-state index in [2.05, 4.69) is 0 Å². The average molecular weight is 683 g/mol. The summed E-state index contributed by atoms with van der Waals surface area (Å²) in [6, 6.07) is 13.7. The molecule has 3 aromatic rings. The topological polar surface area (TPSA) is 118 Å². The predicted molar refractivity (Wildman–Crippen MR) is 186 cm³/mol. The minimum Gasteiger partial charge on any atom is -0.493 e. The van der Waals surface area contributed by atoms with E-state index < -0.39 is 12.1 Å². The number of hydrogen-bond acceptors (Lipinski definition) is 8. The van der Waals surface area contributed by atoms with Gasteiger partial charge in [0.25, 0.3) is 11.8 Å².